The minimum atomic E-state index is -1.03. The Hall–Kier alpha value is -3.09. The van der Waals surface area contributed by atoms with Gasteiger partial charge in [-0.2, -0.15) is 11.8 Å². The number of aryl methyl sites for hydroxylation is 1. The summed E-state index contributed by atoms with van der Waals surface area (Å²) < 4.78 is 6.10. The van der Waals surface area contributed by atoms with Gasteiger partial charge in [-0.1, -0.05) is 60.7 Å². The van der Waals surface area contributed by atoms with E-state index in [-0.39, 0.29) is 6.10 Å². The van der Waals surface area contributed by atoms with E-state index in [1.165, 1.54) is 0 Å². The quantitative estimate of drug-likeness (QED) is 0.361. The topological polar surface area (TPSA) is 75.6 Å². The average Bonchev–Trinajstić information content (AvgIpc) is 2.85. The Morgan fingerprint density at radius 3 is 2.38 bits per heavy atom. The number of carbonyl (C=O) groups is 2. The third-order valence-electron chi connectivity index (χ3n) is 5.75. The molecule has 0 heterocycles. The summed E-state index contributed by atoms with van der Waals surface area (Å²) in [7, 11) is 0. The smallest absolute Gasteiger partial charge is 0.326 e. The van der Waals surface area contributed by atoms with Crippen LogP contribution < -0.4 is 5.32 Å². The Morgan fingerprint density at radius 2 is 1.71 bits per heavy atom. The van der Waals surface area contributed by atoms with Crippen LogP contribution in [0.25, 0.3) is 11.1 Å². The first-order valence-electron chi connectivity index (χ1n) is 11.3. The number of carbonyl (C=O) groups excluding carboxylic acids is 1. The molecule has 2 unspecified atom stereocenters. The summed E-state index contributed by atoms with van der Waals surface area (Å²) in [5.74, 6) is -0.769. The highest BCUT2D eigenvalue weighted by Crippen LogP contribution is 2.29. The lowest BCUT2D eigenvalue weighted by molar-refractivity contribution is -0.139. The van der Waals surface area contributed by atoms with Crippen molar-refractivity contribution in [3.05, 3.63) is 95.1 Å². The van der Waals surface area contributed by atoms with Crippen LogP contribution in [0.1, 0.15) is 46.5 Å². The fraction of sp³-hybridized carbons (Fsp3) is 0.286. The maximum atomic E-state index is 13.2. The van der Waals surface area contributed by atoms with Crippen LogP contribution in [0.2, 0.25) is 0 Å². The molecule has 0 radical (unpaired) electrons. The van der Waals surface area contributed by atoms with Crippen LogP contribution in [-0.4, -0.2) is 35.0 Å². The number of benzene rings is 3. The van der Waals surface area contributed by atoms with Crippen molar-refractivity contribution >= 4 is 23.6 Å². The van der Waals surface area contributed by atoms with Gasteiger partial charge in [0.25, 0.3) is 5.91 Å². The van der Waals surface area contributed by atoms with E-state index >= 15 is 0 Å². The number of hydrogen-bond acceptors (Lipinski definition) is 4. The van der Waals surface area contributed by atoms with E-state index in [1.807, 2.05) is 86.8 Å². The van der Waals surface area contributed by atoms with E-state index in [0.717, 1.165) is 27.8 Å². The second-order valence-corrected chi connectivity index (χ2v) is 9.19. The Labute approximate surface area is 205 Å². The number of rotatable bonds is 11. The normalized spacial score (nSPS) is 12.7. The lowest BCUT2D eigenvalue weighted by atomic mass is 9.93. The van der Waals surface area contributed by atoms with Gasteiger partial charge < -0.3 is 15.2 Å². The molecular weight excluding hydrogens is 446 g/mol. The number of hydrogen-bond donors (Lipinski definition) is 2. The van der Waals surface area contributed by atoms with Crippen LogP contribution in [0.4, 0.5) is 0 Å². The molecule has 34 heavy (non-hydrogen) atoms. The second-order valence-electron chi connectivity index (χ2n) is 8.20. The molecule has 0 bridgehead atoms. The lowest BCUT2D eigenvalue weighted by Crippen LogP contribution is -2.41. The molecule has 1 amide bonds. The van der Waals surface area contributed by atoms with Crippen molar-refractivity contribution in [2.75, 3.05) is 12.0 Å². The number of thioether (sulfide) groups is 1. The third kappa shape index (κ3) is 6.72. The van der Waals surface area contributed by atoms with Crippen molar-refractivity contribution in [3.63, 3.8) is 0 Å². The number of nitrogens with one attached hydrogen (secondary N) is 1. The molecule has 0 fully saturated rings. The van der Waals surface area contributed by atoms with Crippen molar-refractivity contribution in [3.8, 4) is 11.1 Å². The molecule has 2 atom stereocenters. The Kier molecular flexibility index (Phi) is 9.31. The van der Waals surface area contributed by atoms with Crippen molar-refractivity contribution in [1.82, 2.24) is 5.32 Å². The highest BCUT2D eigenvalue weighted by atomic mass is 32.2. The van der Waals surface area contributed by atoms with Gasteiger partial charge in [-0.15, -0.1) is 0 Å². The zero-order chi connectivity index (χ0) is 24.5. The lowest BCUT2D eigenvalue weighted by Gasteiger charge is -2.18. The molecule has 0 aliphatic carbocycles. The minimum Gasteiger partial charge on any atom is -0.480 e. The van der Waals surface area contributed by atoms with Crippen molar-refractivity contribution in [1.29, 1.82) is 0 Å². The Bertz CT molecular complexity index is 1120. The Balaban J connectivity index is 1.88. The zero-order valence-electron chi connectivity index (χ0n) is 19.8. The monoisotopic (exact) mass is 477 g/mol. The van der Waals surface area contributed by atoms with E-state index in [0.29, 0.717) is 24.3 Å². The van der Waals surface area contributed by atoms with Gasteiger partial charge in [0.2, 0.25) is 0 Å². The molecule has 0 aliphatic heterocycles. The predicted octanol–water partition coefficient (Wildman–Crippen LogP) is 5.88. The number of aliphatic carboxylic acids is 1. The van der Waals surface area contributed by atoms with Gasteiger partial charge in [0.1, 0.15) is 6.04 Å². The summed E-state index contributed by atoms with van der Waals surface area (Å²) in [5, 5.41) is 12.3. The Morgan fingerprint density at radius 1 is 1.00 bits per heavy atom. The maximum Gasteiger partial charge on any atom is 0.326 e. The van der Waals surface area contributed by atoms with Gasteiger partial charge in [-0.3, -0.25) is 4.79 Å². The summed E-state index contributed by atoms with van der Waals surface area (Å²) in [5.41, 5.74) is 5.21. The van der Waals surface area contributed by atoms with Crippen molar-refractivity contribution < 1.29 is 19.4 Å². The number of amides is 1. The van der Waals surface area contributed by atoms with Crippen molar-refractivity contribution in [2.24, 2.45) is 0 Å². The summed E-state index contributed by atoms with van der Waals surface area (Å²) in [6, 6.07) is 22.5. The fourth-order valence-electron chi connectivity index (χ4n) is 3.75. The van der Waals surface area contributed by atoms with E-state index in [2.05, 4.69) is 5.32 Å². The first kappa shape index (κ1) is 25.5. The van der Waals surface area contributed by atoms with E-state index in [1.54, 1.807) is 17.8 Å². The molecule has 178 valence electrons. The molecule has 0 saturated heterocycles. The van der Waals surface area contributed by atoms with E-state index in [4.69, 9.17) is 4.74 Å². The summed E-state index contributed by atoms with van der Waals surface area (Å²) in [4.78, 5) is 24.8. The number of carboxylic acids is 1. The van der Waals surface area contributed by atoms with Crippen LogP contribution >= 0.6 is 11.8 Å². The van der Waals surface area contributed by atoms with Gasteiger partial charge >= 0.3 is 5.97 Å². The predicted molar refractivity (Wildman–Crippen MR) is 138 cm³/mol. The summed E-state index contributed by atoms with van der Waals surface area (Å²) >= 11 is 1.55. The first-order chi connectivity index (χ1) is 16.4. The average molecular weight is 478 g/mol. The molecule has 3 aromatic carbocycles. The van der Waals surface area contributed by atoms with Gasteiger partial charge in [0.15, 0.2) is 0 Å². The minimum absolute atomic E-state index is 0.0705. The highest BCUT2D eigenvalue weighted by molar-refractivity contribution is 7.98. The van der Waals surface area contributed by atoms with Gasteiger partial charge in [0.05, 0.1) is 12.7 Å². The highest BCUT2D eigenvalue weighted by Gasteiger charge is 2.23. The van der Waals surface area contributed by atoms with Crippen LogP contribution in [0.15, 0.2) is 72.8 Å². The number of carboxylic acid groups (broad SMARTS) is 1. The van der Waals surface area contributed by atoms with Crippen LogP contribution in [0.5, 0.6) is 0 Å². The largest absolute Gasteiger partial charge is 0.480 e. The van der Waals surface area contributed by atoms with Gasteiger partial charge in [-0.05, 0) is 72.2 Å². The molecule has 6 heteroatoms. The molecule has 0 aliphatic rings. The molecule has 3 aromatic rings. The van der Waals surface area contributed by atoms with Crippen LogP contribution in [-0.2, 0) is 16.1 Å². The zero-order valence-corrected chi connectivity index (χ0v) is 20.6. The van der Waals surface area contributed by atoms with Gasteiger partial charge in [0, 0.05) is 5.56 Å². The molecule has 0 spiro atoms. The first-order valence-corrected chi connectivity index (χ1v) is 12.7. The molecule has 5 nitrogen and oxygen atoms in total. The fourth-order valence-corrected chi connectivity index (χ4v) is 4.22. The SMILES string of the molecule is CSCCC(NC(=O)c1ccc(COC(C)c2ccccc2)cc1-c1ccccc1C)C(=O)O. The number of ether oxygens (including phenoxy) is 1. The standard InChI is InChI=1S/C28H31NO4S/c1-19-9-7-8-12-23(19)25-17-21(18-33-20(2)22-10-5-4-6-11-22)13-14-24(25)27(30)29-26(28(31)32)15-16-34-3/h4-14,17,20,26H,15-16,18H2,1-3H3,(H,29,30)(H,31,32). The van der Waals surface area contributed by atoms with Gasteiger partial charge in [-0.25, -0.2) is 4.79 Å². The van der Waals surface area contributed by atoms with Crippen LogP contribution in [0.3, 0.4) is 0 Å². The summed E-state index contributed by atoms with van der Waals surface area (Å²) in [6.07, 6.45) is 2.21. The van der Waals surface area contributed by atoms with Crippen molar-refractivity contribution in [2.45, 2.75) is 39.0 Å². The third-order valence-corrected chi connectivity index (χ3v) is 6.39. The van der Waals surface area contributed by atoms with E-state index in [9.17, 15) is 14.7 Å². The van der Waals surface area contributed by atoms with E-state index < -0.39 is 17.9 Å². The molecule has 3 rings (SSSR count). The van der Waals surface area contributed by atoms with Crippen LogP contribution in [0, 0.1) is 6.92 Å². The molecule has 2 N–H and O–H groups in total. The molecular formula is C28H31NO4S. The molecule has 0 aromatic heterocycles. The summed E-state index contributed by atoms with van der Waals surface area (Å²) in [6.45, 7) is 4.40. The maximum absolute atomic E-state index is 13.2. The second kappa shape index (κ2) is 12.4. The molecule has 0 saturated carbocycles.